The third kappa shape index (κ3) is 4.28. The molecule has 0 bridgehead atoms. The topological polar surface area (TPSA) is 98.0 Å². The Bertz CT molecular complexity index is 722. The number of methoxy groups -OCH3 is 1. The minimum absolute atomic E-state index is 0.0748. The predicted molar refractivity (Wildman–Crippen MR) is 85.6 cm³/mol. The maximum atomic E-state index is 12.4. The number of carboxylic acids is 1. The van der Waals surface area contributed by atoms with E-state index in [1.165, 1.54) is 19.2 Å². The number of hydrogen-bond donors (Lipinski definition) is 2. The lowest BCUT2D eigenvalue weighted by Gasteiger charge is -2.12. The highest BCUT2D eigenvalue weighted by atomic mass is 16.5. The van der Waals surface area contributed by atoms with E-state index in [1.54, 1.807) is 18.2 Å². The van der Waals surface area contributed by atoms with Crippen molar-refractivity contribution in [3.8, 4) is 11.5 Å². The predicted octanol–water partition coefficient (Wildman–Crippen LogP) is 2.71. The van der Waals surface area contributed by atoms with Gasteiger partial charge in [0.25, 0.3) is 5.91 Å². The molecule has 0 aliphatic heterocycles. The molecule has 0 atom stereocenters. The molecule has 1 heterocycles. The quantitative estimate of drug-likeness (QED) is 0.771. The fourth-order valence-corrected chi connectivity index (χ4v) is 2.00. The number of furan rings is 1. The SMILES string of the molecule is CCCOc1cc(OC)ccc1C(=O)NCc1ccc(C(=O)O)o1. The van der Waals surface area contributed by atoms with Crippen molar-refractivity contribution in [2.24, 2.45) is 0 Å². The first-order chi connectivity index (χ1) is 11.5. The Morgan fingerprint density at radius 1 is 1.25 bits per heavy atom. The lowest BCUT2D eigenvalue weighted by atomic mass is 10.1. The van der Waals surface area contributed by atoms with Gasteiger partial charge in [0.15, 0.2) is 0 Å². The van der Waals surface area contributed by atoms with Crippen LogP contribution in [0.15, 0.2) is 34.7 Å². The van der Waals surface area contributed by atoms with E-state index in [0.717, 1.165) is 6.42 Å². The van der Waals surface area contributed by atoms with Crippen LogP contribution < -0.4 is 14.8 Å². The standard InChI is InChI=1S/C17H19NO6/c1-3-8-23-15-9-11(22-2)4-6-13(15)16(19)18-10-12-5-7-14(24-12)17(20)21/h4-7,9H,3,8,10H2,1-2H3,(H,18,19)(H,20,21). The molecule has 0 aliphatic carbocycles. The van der Waals surface area contributed by atoms with Gasteiger partial charge in [-0.05, 0) is 30.7 Å². The number of carbonyl (C=O) groups is 2. The van der Waals surface area contributed by atoms with Gasteiger partial charge in [-0.25, -0.2) is 4.79 Å². The maximum absolute atomic E-state index is 12.4. The lowest BCUT2D eigenvalue weighted by molar-refractivity contribution is 0.0660. The molecule has 0 saturated carbocycles. The van der Waals surface area contributed by atoms with Gasteiger partial charge in [-0.3, -0.25) is 4.79 Å². The number of carboxylic acid groups (broad SMARTS) is 1. The average Bonchev–Trinajstić information content (AvgIpc) is 3.07. The number of aromatic carboxylic acids is 1. The molecule has 0 unspecified atom stereocenters. The van der Waals surface area contributed by atoms with Gasteiger partial charge in [-0.2, -0.15) is 0 Å². The summed E-state index contributed by atoms with van der Waals surface area (Å²) in [5.74, 6) is -0.301. The molecule has 2 aromatic rings. The molecule has 1 aromatic carbocycles. The Kier molecular flexibility index (Phi) is 5.83. The van der Waals surface area contributed by atoms with Crippen LogP contribution in [-0.2, 0) is 6.54 Å². The second kappa shape index (κ2) is 8.05. The minimum atomic E-state index is -1.15. The van der Waals surface area contributed by atoms with Crippen molar-refractivity contribution >= 4 is 11.9 Å². The number of benzene rings is 1. The summed E-state index contributed by atoms with van der Waals surface area (Å²) in [6.07, 6.45) is 0.808. The van der Waals surface area contributed by atoms with Crippen molar-refractivity contribution in [3.05, 3.63) is 47.4 Å². The van der Waals surface area contributed by atoms with Crippen LogP contribution in [0.25, 0.3) is 0 Å². The summed E-state index contributed by atoms with van der Waals surface area (Å²) in [6.45, 7) is 2.52. The highest BCUT2D eigenvalue weighted by Gasteiger charge is 2.15. The molecule has 1 aromatic heterocycles. The molecule has 24 heavy (non-hydrogen) atoms. The Morgan fingerprint density at radius 3 is 2.67 bits per heavy atom. The van der Waals surface area contributed by atoms with Gasteiger partial charge in [0.1, 0.15) is 17.3 Å². The first-order valence-electron chi connectivity index (χ1n) is 7.46. The smallest absolute Gasteiger partial charge is 0.371 e. The third-order valence-corrected chi connectivity index (χ3v) is 3.19. The van der Waals surface area contributed by atoms with Crippen LogP contribution >= 0.6 is 0 Å². The Morgan fingerprint density at radius 2 is 2.04 bits per heavy atom. The van der Waals surface area contributed by atoms with Crippen molar-refractivity contribution in [2.75, 3.05) is 13.7 Å². The molecule has 0 aliphatic rings. The number of hydrogen-bond acceptors (Lipinski definition) is 5. The van der Waals surface area contributed by atoms with E-state index in [1.807, 2.05) is 6.92 Å². The van der Waals surface area contributed by atoms with Crippen LogP contribution in [0, 0.1) is 0 Å². The highest BCUT2D eigenvalue weighted by molar-refractivity contribution is 5.97. The zero-order valence-electron chi connectivity index (χ0n) is 13.5. The van der Waals surface area contributed by atoms with E-state index < -0.39 is 5.97 Å². The van der Waals surface area contributed by atoms with E-state index in [9.17, 15) is 9.59 Å². The van der Waals surface area contributed by atoms with Crippen LogP contribution in [0.2, 0.25) is 0 Å². The van der Waals surface area contributed by atoms with Crippen molar-refractivity contribution in [1.29, 1.82) is 0 Å². The number of carbonyl (C=O) groups excluding carboxylic acids is 1. The van der Waals surface area contributed by atoms with Gasteiger partial charge >= 0.3 is 5.97 Å². The number of ether oxygens (including phenoxy) is 2. The number of amides is 1. The molecule has 2 rings (SSSR count). The molecule has 0 fully saturated rings. The third-order valence-electron chi connectivity index (χ3n) is 3.19. The highest BCUT2D eigenvalue weighted by Crippen LogP contribution is 2.25. The Labute approximate surface area is 139 Å². The van der Waals surface area contributed by atoms with Crippen LogP contribution in [-0.4, -0.2) is 30.7 Å². The Balaban J connectivity index is 2.08. The fraction of sp³-hybridized carbons (Fsp3) is 0.294. The zero-order chi connectivity index (χ0) is 17.5. The second-order valence-corrected chi connectivity index (χ2v) is 4.96. The van der Waals surface area contributed by atoms with Crippen molar-refractivity contribution < 1.29 is 28.6 Å². The molecule has 0 radical (unpaired) electrons. The van der Waals surface area contributed by atoms with Crippen molar-refractivity contribution in [1.82, 2.24) is 5.32 Å². The maximum Gasteiger partial charge on any atom is 0.371 e. The van der Waals surface area contributed by atoms with E-state index in [2.05, 4.69) is 5.32 Å². The Hall–Kier alpha value is -2.96. The second-order valence-electron chi connectivity index (χ2n) is 4.96. The van der Waals surface area contributed by atoms with Crippen molar-refractivity contribution in [3.63, 3.8) is 0 Å². The first kappa shape index (κ1) is 17.4. The van der Waals surface area contributed by atoms with Gasteiger partial charge < -0.3 is 24.3 Å². The minimum Gasteiger partial charge on any atom is -0.497 e. The molecule has 0 saturated heterocycles. The average molecular weight is 333 g/mol. The van der Waals surface area contributed by atoms with E-state index in [0.29, 0.717) is 29.4 Å². The van der Waals surface area contributed by atoms with Gasteiger partial charge in [0.2, 0.25) is 5.76 Å². The van der Waals surface area contributed by atoms with Crippen LogP contribution in [0.1, 0.15) is 40.0 Å². The van der Waals surface area contributed by atoms with Gasteiger partial charge in [-0.15, -0.1) is 0 Å². The van der Waals surface area contributed by atoms with Crippen LogP contribution in [0.5, 0.6) is 11.5 Å². The van der Waals surface area contributed by atoms with Gasteiger partial charge in [0, 0.05) is 6.07 Å². The molecule has 2 N–H and O–H groups in total. The van der Waals surface area contributed by atoms with E-state index in [-0.39, 0.29) is 18.2 Å². The molecule has 1 amide bonds. The summed E-state index contributed by atoms with van der Waals surface area (Å²) < 4.78 is 15.8. The fourth-order valence-electron chi connectivity index (χ4n) is 2.00. The zero-order valence-corrected chi connectivity index (χ0v) is 13.5. The summed E-state index contributed by atoms with van der Waals surface area (Å²) >= 11 is 0. The first-order valence-corrected chi connectivity index (χ1v) is 7.46. The summed E-state index contributed by atoms with van der Waals surface area (Å²) in [6, 6.07) is 7.78. The molecule has 7 heteroatoms. The van der Waals surface area contributed by atoms with Crippen LogP contribution in [0.3, 0.4) is 0 Å². The monoisotopic (exact) mass is 333 g/mol. The largest absolute Gasteiger partial charge is 0.497 e. The summed E-state index contributed by atoms with van der Waals surface area (Å²) in [5, 5.41) is 11.5. The van der Waals surface area contributed by atoms with E-state index in [4.69, 9.17) is 19.0 Å². The van der Waals surface area contributed by atoms with E-state index >= 15 is 0 Å². The lowest BCUT2D eigenvalue weighted by Crippen LogP contribution is -2.23. The van der Waals surface area contributed by atoms with Gasteiger partial charge in [-0.1, -0.05) is 6.92 Å². The molecule has 0 spiro atoms. The normalized spacial score (nSPS) is 10.2. The molecular formula is C17H19NO6. The van der Waals surface area contributed by atoms with Crippen LogP contribution in [0.4, 0.5) is 0 Å². The van der Waals surface area contributed by atoms with Gasteiger partial charge in [0.05, 0.1) is 25.8 Å². The summed E-state index contributed by atoms with van der Waals surface area (Å²) in [5.41, 5.74) is 0.370. The van der Waals surface area contributed by atoms with Crippen molar-refractivity contribution in [2.45, 2.75) is 19.9 Å². The summed E-state index contributed by atoms with van der Waals surface area (Å²) in [7, 11) is 1.54. The molecular weight excluding hydrogens is 314 g/mol. The summed E-state index contributed by atoms with van der Waals surface area (Å²) in [4.78, 5) is 23.1. The molecule has 128 valence electrons. The number of rotatable bonds is 8. The molecule has 7 nitrogen and oxygen atoms in total. The number of nitrogens with one attached hydrogen (secondary N) is 1.